The lowest BCUT2D eigenvalue weighted by Gasteiger charge is -1.98. The minimum atomic E-state index is -0.121. The maximum absolute atomic E-state index is 11.4. The molecular weight excluding hydrogens is 228 g/mol. The maximum Gasteiger partial charge on any atom is 0.216 e. The third kappa shape index (κ3) is 4.08. The van der Waals surface area contributed by atoms with E-state index in [1.807, 2.05) is 0 Å². The van der Waals surface area contributed by atoms with E-state index in [1.54, 1.807) is 5.38 Å². The summed E-state index contributed by atoms with van der Waals surface area (Å²) in [6.45, 7) is 2.06. The Hall–Kier alpha value is -1.27. The van der Waals surface area contributed by atoms with Crippen molar-refractivity contribution in [1.29, 1.82) is 0 Å². The van der Waals surface area contributed by atoms with Crippen LogP contribution in [-0.4, -0.2) is 36.9 Å². The minimum absolute atomic E-state index is 0.0505. The zero-order valence-electron chi connectivity index (χ0n) is 9.28. The first kappa shape index (κ1) is 12.8. The van der Waals surface area contributed by atoms with Gasteiger partial charge in [0, 0.05) is 32.4 Å². The smallest absolute Gasteiger partial charge is 0.216 e. The Balaban J connectivity index is 2.45. The predicted molar refractivity (Wildman–Crippen MR) is 60.7 cm³/mol. The number of carbonyl (C=O) groups excluding carboxylic acids is 2. The van der Waals surface area contributed by atoms with E-state index in [4.69, 9.17) is 4.74 Å². The molecule has 1 aromatic rings. The lowest BCUT2D eigenvalue weighted by molar-refractivity contribution is -0.118. The molecule has 1 amide bonds. The first-order valence-corrected chi connectivity index (χ1v) is 5.72. The van der Waals surface area contributed by atoms with E-state index >= 15 is 0 Å². The highest BCUT2D eigenvalue weighted by Crippen LogP contribution is 2.10. The summed E-state index contributed by atoms with van der Waals surface area (Å²) in [6, 6.07) is 0. The molecule has 16 heavy (non-hydrogen) atoms. The maximum atomic E-state index is 11.4. The first-order chi connectivity index (χ1) is 7.63. The van der Waals surface area contributed by atoms with Crippen LogP contribution in [-0.2, 0) is 16.0 Å². The van der Waals surface area contributed by atoms with Crippen molar-refractivity contribution >= 4 is 23.0 Å². The minimum Gasteiger partial charge on any atom is -0.376 e. The quantitative estimate of drug-likeness (QED) is 0.744. The standard InChI is InChI=1S/C10H14N2O3S/c1-7(13)11-4-3-10-12-8(6-16-10)9(14)5-15-2/h6H,3-5H2,1-2H3,(H,11,13). The molecule has 0 aliphatic heterocycles. The molecule has 0 fully saturated rings. The Labute approximate surface area is 97.8 Å². The summed E-state index contributed by atoms with van der Waals surface area (Å²) in [5.41, 5.74) is 0.435. The molecule has 88 valence electrons. The average Bonchev–Trinajstić information content (AvgIpc) is 2.66. The number of carbonyl (C=O) groups is 2. The molecule has 1 N–H and O–H groups in total. The van der Waals surface area contributed by atoms with Crippen molar-refractivity contribution in [3.63, 3.8) is 0 Å². The largest absolute Gasteiger partial charge is 0.376 e. The van der Waals surface area contributed by atoms with Crippen molar-refractivity contribution < 1.29 is 14.3 Å². The van der Waals surface area contributed by atoms with Crippen LogP contribution >= 0.6 is 11.3 Å². The number of rotatable bonds is 6. The molecule has 0 aromatic carbocycles. The fraction of sp³-hybridized carbons (Fsp3) is 0.500. The van der Waals surface area contributed by atoms with Crippen LogP contribution in [0.3, 0.4) is 0 Å². The molecule has 0 radical (unpaired) electrons. The molecule has 0 unspecified atom stereocenters. The Morgan fingerprint density at radius 1 is 1.56 bits per heavy atom. The number of thiazole rings is 1. The summed E-state index contributed by atoms with van der Waals surface area (Å²) in [6.07, 6.45) is 0.643. The topological polar surface area (TPSA) is 68.3 Å². The van der Waals surface area contributed by atoms with E-state index in [2.05, 4.69) is 10.3 Å². The number of hydrogen-bond acceptors (Lipinski definition) is 5. The predicted octanol–water partition coefficient (Wildman–Crippen LogP) is 0.651. The summed E-state index contributed by atoms with van der Waals surface area (Å²) < 4.78 is 4.74. The lowest BCUT2D eigenvalue weighted by Crippen LogP contribution is -2.22. The van der Waals surface area contributed by atoms with Crippen molar-refractivity contribution in [3.05, 3.63) is 16.1 Å². The Kier molecular flexibility index (Phi) is 5.07. The van der Waals surface area contributed by atoms with Gasteiger partial charge in [-0.25, -0.2) is 4.98 Å². The third-order valence-corrected chi connectivity index (χ3v) is 2.73. The molecule has 0 saturated heterocycles. The number of methoxy groups -OCH3 is 1. The van der Waals surface area contributed by atoms with Gasteiger partial charge in [-0.2, -0.15) is 0 Å². The van der Waals surface area contributed by atoms with Gasteiger partial charge in [0.25, 0.3) is 0 Å². The molecule has 0 spiro atoms. The van der Waals surface area contributed by atoms with Crippen LogP contribution in [0.25, 0.3) is 0 Å². The first-order valence-electron chi connectivity index (χ1n) is 4.84. The van der Waals surface area contributed by atoms with Crippen LogP contribution in [0.4, 0.5) is 0 Å². The van der Waals surface area contributed by atoms with Crippen molar-refractivity contribution in [1.82, 2.24) is 10.3 Å². The van der Waals surface area contributed by atoms with Crippen LogP contribution in [0.2, 0.25) is 0 Å². The number of Topliss-reactive ketones (excluding diaryl/α,β-unsaturated/α-hetero) is 1. The molecule has 1 aromatic heterocycles. The van der Waals surface area contributed by atoms with E-state index in [1.165, 1.54) is 25.4 Å². The van der Waals surface area contributed by atoms with Gasteiger partial charge in [0.15, 0.2) is 0 Å². The number of nitrogens with one attached hydrogen (secondary N) is 1. The summed E-state index contributed by atoms with van der Waals surface area (Å²) in [5.74, 6) is -0.184. The van der Waals surface area contributed by atoms with Crippen molar-refractivity contribution in [2.45, 2.75) is 13.3 Å². The zero-order valence-corrected chi connectivity index (χ0v) is 10.1. The van der Waals surface area contributed by atoms with Gasteiger partial charge in [-0.05, 0) is 0 Å². The second-order valence-corrected chi connectivity index (χ2v) is 4.16. The number of aromatic nitrogens is 1. The van der Waals surface area contributed by atoms with Crippen LogP contribution < -0.4 is 5.32 Å². The van der Waals surface area contributed by atoms with Gasteiger partial charge in [0.1, 0.15) is 12.3 Å². The third-order valence-electron chi connectivity index (χ3n) is 1.83. The van der Waals surface area contributed by atoms with Gasteiger partial charge >= 0.3 is 0 Å². The van der Waals surface area contributed by atoms with E-state index in [0.717, 1.165) is 5.01 Å². The molecule has 0 aliphatic rings. The Morgan fingerprint density at radius 3 is 2.94 bits per heavy atom. The highest BCUT2D eigenvalue weighted by molar-refractivity contribution is 7.09. The molecule has 1 rings (SSSR count). The summed E-state index contributed by atoms with van der Waals surface area (Å²) >= 11 is 1.42. The molecule has 0 saturated carbocycles. The number of ether oxygens (including phenoxy) is 1. The molecule has 1 heterocycles. The average molecular weight is 242 g/mol. The van der Waals surface area contributed by atoms with Gasteiger partial charge in [-0.3, -0.25) is 9.59 Å². The number of nitrogens with zero attached hydrogens (tertiary/aromatic N) is 1. The van der Waals surface area contributed by atoms with Gasteiger partial charge in [0.2, 0.25) is 11.7 Å². The van der Waals surface area contributed by atoms with E-state index in [0.29, 0.717) is 18.7 Å². The van der Waals surface area contributed by atoms with E-state index < -0.39 is 0 Å². The summed E-state index contributed by atoms with van der Waals surface area (Å²) in [7, 11) is 1.47. The van der Waals surface area contributed by atoms with Crippen LogP contribution in [0, 0.1) is 0 Å². The summed E-state index contributed by atoms with van der Waals surface area (Å²) in [5, 5.41) is 5.23. The SMILES string of the molecule is COCC(=O)c1csc(CCNC(C)=O)n1. The molecule has 0 atom stereocenters. The van der Waals surface area contributed by atoms with E-state index in [9.17, 15) is 9.59 Å². The lowest BCUT2D eigenvalue weighted by atomic mass is 10.3. The monoisotopic (exact) mass is 242 g/mol. The molecule has 5 nitrogen and oxygen atoms in total. The molecular formula is C10H14N2O3S. The highest BCUT2D eigenvalue weighted by Gasteiger charge is 2.10. The normalized spacial score (nSPS) is 10.1. The summed E-state index contributed by atoms with van der Waals surface area (Å²) in [4.78, 5) is 26.2. The number of hydrogen-bond donors (Lipinski definition) is 1. The van der Waals surface area contributed by atoms with Crippen molar-refractivity contribution in [2.24, 2.45) is 0 Å². The Bertz CT molecular complexity index is 376. The fourth-order valence-corrected chi connectivity index (χ4v) is 1.91. The second kappa shape index (κ2) is 6.34. The fourth-order valence-electron chi connectivity index (χ4n) is 1.10. The molecule has 0 bridgehead atoms. The second-order valence-electron chi connectivity index (χ2n) is 3.22. The van der Waals surface area contributed by atoms with E-state index in [-0.39, 0.29) is 18.3 Å². The van der Waals surface area contributed by atoms with Crippen LogP contribution in [0.15, 0.2) is 5.38 Å². The number of ketones is 1. The van der Waals surface area contributed by atoms with Crippen LogP contribution in [0.1, 0.15) is 22.4 Å². The molecule has 0 aliphatic carbocycles. The van der Waals surface area contributed by atoms with Gasteiger partial charge < -0.3 is 10.1 Å². The van der Waals surface area contributed by atoms with Gasteiger partial charge in [0.05, 0.1) is 5.01 Å². The van der Waals surface area contributed by atoms with Crippen LogP contribution in [0.5, 0.6) is 0 Å². The van der Waals surface area contributed by atoms with Crippen molar-refractivity contribution in [2.75, 3.05) is 20.3 Å². The van der Waals surface area contributed by atoms with Gasteiger partial charge in [-0.1, -0.05) is 0 Å². The highest BCUT2D eigenvalue weighted by atomic mass is 32.1. The molecule has 6 heteroatoms. The zero-order chi connectivity index (χ0) is 12.0. The van der Waals surface area contributed by atoms with Crippen molar-refractivity contribution in [3.8, 4) is 0 Å². The Morgan fingerprint density at radius 2 is 2.31 bits per heavy atom. The van der Waals surface area contributed by atoms with Gasteiger partial charge in [-0.15, -0.1) is 11.3 Å². The number of amides is 1.